The van der Waals surface area contributed by atoms with Gasteiger partial charge in [0, 0.05) is 41.5 Å². The van der Waals surface area contributed by atoms with Crippen LogP contribution in [0, 0.1) is 11.6 Å². The van der Waals surface area contributed by atoms with Crippen LogP contribution in [0.4, 0.5) is 19.3 Å². The number of nitrogens with one attached hydrogen (secondary N) is 4. The van der Waals surface area contributed by atoms with Crippen molar-refractivity contribution in [2.75, 3.05) is 32.1 Å². The molecule has 2 heterocycles. The van der Waals surface area contributed by atoms with Crippen LogP contribution in [0.3, 0.4) is 0 Å². The van der Waals surface area contributed by atoms with E-state index < -0.39 is 23.2 Å². The van der Waals surface area contributed by atoms with Crippen LogP contribution in [0.25, 0.3) is 16.5 Å². The molecule has 0 saturated carbocycles. The Morgan fingerprint density at radius 2 is 1.92 bits per heavy atom. The molecule has 11 nitrogen and oxygen atoms in total. The number of hydrogen-bond donors (Lipinski definition) is 4. The van der Waals surface area contributed by atoms with E-state index in [2.05, 4.69) is 31.3 Å². The predicted molar refractivity (Wildman–Crippen MR) is 135 cm³/mol. The van der Waals surface area contributed by atoms with Crippen LogP contribution in [0.5, 0.6) is 0 Å². The van der Waals surface area contributed by atoms with Crippen LogP contribution < -0.4 is 21.3 Å². The smallest absolute Gasteiger partial charge is 0.315 e. The van der Waals surface area contributed by atoms with Crippen molar-refractivity contribution in [3.63, 3.8) is 0 Å². The van der Waals surface area contributed by atoms with E-state index in [4.69, 9.17) is 10.3 Å². The second-order valence-corrected chi connectivity index (χ2v) is 9.75. The first-order valence-electron chi connectivity index (χ1n) is 11.9. The highest BCUT2D eigenvalue weighted by Gasteiger charge is 2.42. The SMILES string of the molecule is [N-]=[N+]=Nc1c(F)cc(/C=C/C(=O)NCCOCCNC(=O)CCCC[C@@H]2SC[C@@H]3NC(=O)N[C@@H]32)cc1F. The zero-order chi connectivity index (χ0) is 26.6. The number of azide groups is 1. The number of thioether (sulfide) groups is 1. The molecular weight excluding hydrogens is 508 g/mol. The standard InChI is InChI=1S/C23H29F2N7O4S/c24-15-11-14(12-16(25)21(15)31-32-26)5-6-20(34)28-8-10-36-9-7-27-19(33)4-2-1-3-18-22-17(13-37-18)29-23(35)30-22/h5-6,11-12,17-18,22H,1-4,7-10,13H2,(H,27,33)(H,28,34)(H2,29,30,35)/b6-5+/t17-,18-,22-/m0/s1. The van der Waals surface area contributed by atoms with Gasteiger partial charge in [-0.15, -0.1) is 0 Å². The van der Waals surface area contributed by atoms with Crippen molar-refractivity contribution in [1.29, 1.82) is 0 Å². The topological polar surface area (TPSA) is 157 Å². The van der Waals surface area contributed by atoms with Crippen LogP contribution in [0.15, 0.2) is 23.3 Å². The maximum Gasteiger partial charge on any atom is 0.315 e. The van der Waals surface area contributed by atoms with Gasteiger partial charge in [-0.05, 0) is 42.1 Å². The number of amides is 4. The number of nitrogens with zero attached hydrogens (tertiary/aromatic N) is 3. The van der Waals surface area contributed by atoms with E-state index in [0.717, 1.165) is 43.2 Å². The third-order valence-corrected chi connectivity index (χ3v) is 7.31. The van der Waals surface area contributed by atoms with Gasteiger partial charge in [-0.1, -0.05) is 11.5 Å². The first-order valence-corrected chi connectivity index (χ1v) is 13.0. The molecule has 2 aliphatic rings. The zero-order valence-corrected chi connectivity index (χ0v) is 20.9. The van der Waals surface area contributed by atoms with E-state index in [-0.39, 0.29) is 42.7 Å². The van der Waals surface area contributed by atoms with Crippen molar-refractivity contribution < 1.29 is 27.9 Å². The molecule has 2 aliphatic heterocycles. The van der Waals surface area contributed by atoms with E-state index in [1.165, 1.54) is 6.08 Å². The summed E-state index contributed by atoms with van der Waals surface area (Å²) >= 11 is 1.86. The van der Waals surface area contributed by atoms with Gasteiger partial charge in [0.2, 0.25) is 11.8 Å². The molecule has 0 aliphatic carbocycles. The fourth-order valence-corrected chi connectivity index (χ4v) is 5.57. The summed E-state index contributed by atoms with van der Waals surface area (Å²) in [6, 6.07) is 2.20. The lowest BCUT2D eigenvalue weighted by atomic mass is 10.0. The molecule has 1 aromatic carbocycles. The van der Waals surface area contributed by atoms with Gasteiger partial charge in [0.1, 0.15) is 17.3 Å². The van der Waals surface area contributed by atoms with Gasteiger partial charge in [0.15, 0.2) is 0 Å². The number of rotatable bonds is 14. The molecule has 14 heteroatoms. The Kier molecular flexibility index (Phi) is 11.0. The number of hydrogen-bond acceptors (Lipinski definition) is 6. The summed E-state index contributed by atoms with van der Waals surface area (Å²) in [5.41, 5.74) is 7.67. The van der Waals surface area contributed by atoms with E-state index in [1.807, 2.05) is 11.8 Å². The van der Waals surface area contributed by atoms with Crippen LogP contribution >= 0.6 is 11.8 Å². The molecule has 0 spiro atoms. The second-order valence-electron chi connectivity index (χ2n) is 8.48. The van der Waals surface area contributed by atoms with Gasteiger partial charge < -0.3 is 26.0 Å². The number of fused-ring (bicyclic) bond motifs is 1. The van der Waals surface area contributed by atoms with Crippen molar-refractivity contribution in [2.24, 2.45) is 5.11 Å². The molecule has 2 saturated heterocycles. The molecule has 3 atom stereocenters. The van der Waals surface area contributed by atoms with E-state index >= 15 is 0 Å². The largest absolute Gasteiger partial charge is 0.378 e. The lowest BCUT2D eigenvalue weighted by Crippen LogP contribution is -2.36. The third kappa shape index (κ3) is 8.92. The Balaban J connectivity index is 1.18. The monoisotopic (exact) mass is 537 g/mol. The summed E-state index contributed by atoms with van der Waals surface area (Å²) in [7, 11) is 0. The number of carbonyl (C=O) groups excluding carboxylic acids is 3. The number of ether oxygens (including phenoxy) is 1. The molecule has 0 aromatic heterocycles. The number of unbranched alkanes of at least 4 members (excludes halogenated alkanes) is 1. The van der Waals surface area contributed by atoms with Crippen molar-refractivity contribution >= 4 is 41.4 Å². The fourth-order valence-electron chi connectivity index (χ4n) is 4.03. The van der Waals surface area contributed by atoms with Crippen molar-refractivity contribution in [1.82, 2.24) is 21.3 Å². The molecule has 0 unspecified atom stereocenters. The minimum atomic E-state index is -1.03. The Morgan fingerprint density at radius 1 is 1.19 bits per heavy atom. The third-order valence-electron chi connectivity index (χ3n) is 5.81. The summed E-state index contributed by atoms with van der Waals surface area (Å²) < 4.78 is 32.8. The lowest BCUT2D eigenvalue weighted by Gasteiger charge is -2.16. The van der Waals surface area contributed by atoms with Crippen LogP contribution in [0.1, 0.15) is 31.2 Å². The molecular formula is C23H29F2N7O4S. The summed E-state index contributed by atoms with van der Waals surface area (Å²) in [6.45, 7) is 1.09. The Morgan fingerprint density at radius 3 is 2.65 bits per heavy atom. The molecule has 200 valence electrons. The van der Waals surface area contributed by atoms with Crippen molar-refractivity contribution in [3.8, 4) is 0 Å². The minimum absolute atomic E-state index is 0.0461. The lowest BCUT2D eigenvalue weighted by molar-refractivity contribution is -0.121. The molecule has 0 bridgehead atoms. The van der Waals surface area contributed by atoms with Crippen LogP contribution in [-0.4, -0.2) is 67.2 Å². The molecule has 4 amide bonds. The van der Waals surface area contributed by atoms with Gasteiger partial charge in [-0.25, -0.2) is 13.6 Å². The Hall–Kier alpha value is -3.35. The normalized spacial score (nSPS) is 20.2. The Bertz CT molecular complexity index is 1040. The predicted octanol–water partition coefficient (Wildman–Crippen LogP) is 2.89. The average molecular weight is 538 g/mol. The average Bonchev–Trinajstić information content (AvgIpc) is 3.41. The maximum atomic E-state index is 13.7. The first-order chi connectivity index (χ1) is 17.9. The number of carbonyl (C=O) groups is 3. The number of halogens is 2. The van der Waals surface area contributed by atoms with Gasteiger partial charge in [0.25, 0.3) is 0 Å². The van der Waals surface area contributed by atoms with Gasteiger partial charge in [0.05, 0.1) is 25.3 Å². The zero-order valence-electron chi connectivity index (χ0n) is 20.0. The highest BCUT2D eigenvalue weighted by atomic mass is 32.2. The van der Waals surface area contributed by atoms with Gasteiger partial charge in [-0.2, -0.15) is 11.8 Å². The maximum absolute atomic E-state index is 13.7. The highest BCUT2D eigenvalue weighted by molar-refractivity contribution is 8.00. The summed E-state index contributed by atoms with van der Waals surface area (Å²) in [6.07, 6.45) is 5.43. The molecule has 3 rings (SSSR count). The fraction of sp³-hybridized carbons (Fsp3) is 0.522. The molecule has 4 N–H and O–H groups in total. The molecule has 2 fully saturated rings. The summed E-state index contributed by atoms with van der Waals surface area (Å²) in [5, 5.41) is 14.6. The van der Waals surface area contributed by atoms with E-state index in [1.54, 1.807) is 0 Å². The first kappa shape index (κ1) is 28.2. The molecule has 1 aromatic rings. The highest BCUT2D eigenvalue weighted by Crippen LogP contribution is 2.33. The molecule has 0 radical (unpaired) electrons. The summed E-state index contributed by atoms with van der Waals surface area (Å²) in [4.78, 5) is 37.5. The Labute approximate surface area is 216 Å². The molecule has 37 heavy (non-hydrogen) atoms. The van der Waals surface area contributed by atoms with Gasteiger partial charge >= 0.3 is 6.03 Å². The summed E-state index contributed by atoms with van der Waals surface area (Å²) in [5.74, 6) is -1.66. The van der Waals surface area contributed by atoms with Gasteiger partial charge in [-0.3, -0.25) is 9.59 Å². The quantitative estimate of drug-likeness (QED) is 0.0717. The van der Waals surface area contributed by atoms with Crippen LogP contribution in [0.2, 0.25) is 0 Å². The van der Waals surface area contributed by atoms with E-state index in [9.17, 15) is 23.2 Å². The van der Waals surface area contributed by atoms with Crippen molar-refractivity contribution in [3.05, 3.63) is 45.8 Å². The van der Waals surface area contributed by atoms with Crippen molar-refractivity contribution in [2.45, 2.75) is 43.0 Å². The second kappa shape index (κ2) is 14.4. The number of benzene rings is 1. The minimum Gasteiger partial charge on any atom is -0.378 e. The van der Waals surface area contributed by atoms with E-state index in [0.29, 0.717) is 24.8 Å². The van der Waals surface area contributed by atoms with Crippen LogP contribution in [-0.2, 0) is 14.3 Å². The number of urea groups is 1.